The van der Waals surface area contributed by atoms with E-state index in [0.717, 1.165) is 16.3 Å². The molecule has 2 rings (SSSR count). The van der Waals surface area contributed by atoms with Crippen LogP contribution >= 0.6 is 11.5 Å². The molecule has 0 fully saturated rings. The first-order valence-electron chi connectivity index (χ1n) is 5.43. The summed E-state index contributed by atoms with van der Waals surface area (Å²) in [5.74, 6) is -0.341. The fourth-order valence-corrected chi connectivity index (χ4v) is 1.92. The van der Waals surface area contributed by atoms with Crippen LogP contribution in [-0.2, 0) is 11.4 Å². The standard InChI is InChI=1S/C12H13N3O2S/c1-8-4-3-5-10(13-8)7-17-14-12(16)11-6-9(2)18-15-11/h3-6H,7H2,1-2H3,(H,14,16). The van der Waals surface area contributed by atoms with Crippen molar-refractivity contribution in [2.24, 2.45) is 0 Å². The molecule has 0 aliphatic rings. The van der Waals surface area contributed by atoms with Crippen LogP contribution < -0.4 is 5.48 Å². The van der Waals surface area contributed by atoms with Gasteiger partial charge in [0, 0.05) is 10.6 Å². The van der Waals surface area contributed by atoms with E-state index in [0.29, 0.717) is 5.69 Å². The van der Waals surface area contributed by atoms with Gasteiger partial charge in [0.25, 0.3) is 5.91 Å². The molecule has 0 saturated carbocycles. The van der Waals surface area contributed by atoms with E-state index < -0.39 is 0 Å². The predicted octanol–water partition coefficient (Wildman–Crippen LogP) is 2.02. The third-order valence-electron chi connectivity index (χ3n) is 2.19. The molecular weight excluding hydrogens is 250 g/mol. The second-order valence-electron chi connectivity index (χ2n) is 3.81. The van der Waals surface area contributed by atoms with E-state index in [1.165, 1.54) is 11.5 Å². The maximum atomic E-state index is 11.6. The summed E-state index contributed by atoms with van der Waals surface area (Å²) in [5.41, 5.74) is 4.40. The molecule has 6 heteroatoms. The van der Waals surface area contributed by atoms with Gasteiger partial charge >= 0.3 is 0 Å². The number of aromatic nitrogens is 2. The number of nitrogens with one attached hydrogen (secondary N) is 1. The van der Waals surface area contributed by atoms with Gasteiger partial charge in [0.15, 0.2) is 0 Å². The molecule has 0 aliphatic heterocycles. The maximum Gasteiger partial charge on any atom is 0.294 e. The number of hydrogen-bond donors (Lipinski definition) is 1. The predicted molar refractivity (Wildman–Crippen MR) is 68.1 cm³/mol. The highest BCUT2D eigenvalue weighted by Crippen LogP contribution is 2.07. The number of aryl methyl sites for hydroxylation is 2. The SMILES string of the molecule is Cc1cccc(CONC(=O)c2cc(C)sn2)n1. The monoisotopic (exact) mass is 263 g/mol. The molecule has 2 heterocycles. The summed E-state index contributed by atoms with van der Waals surface area (Å²) in [6, 6.07) is 7.35. The van der Waals surface area contributed by atoms with Gasteiger partial charge in [-0.15, -0.1) is 0 Å². The Kier molecular flexibility index (Phi) is 4.01. The van der Waals surface area contributed by atoms with Crippen molar-refractivity contribution in [2.75, 3.05) is 0 Å². The van der Waals surface area contributed by atoms with E-state index in [1.54, 1.807) is 6.07 Å². The largest absolute Gasteiger partial charge is 0.294 e. The molecule has 5 nitrogen and oxygen atoms in total. The Morgan fingerprint density at radius 3 is 2.94 bits per heavy atom. The van der Waals surface area contributed by atoms with Crippen molar-refractivity contribution in [3.05, 3.63) is 46.2 Å². The quantitative estimate of drug-likeness (QED) is 0.857. The van der Waals surface area contributed by atoms with Gasteiger partial charge in [-0.25, -0.2) is 5.48 Å². The van der Waals surface area contributed by atoms with Gasteiger partial charge < -0.3 is 0 Å². The average Bonchev–Trinajstić information content (AvgIpc) is 2.76. The number of hydrogen-bond acceptors (Lipinski definition) is 5. The van der Waals surface area contributed by atoms with Gasteiger partial charge in [-0.05, 0) is 43.6 Å². The van der Waals surface area contributed by atoms with Crippen molar-refractivity contribution in [2.45, 2.75) is 20.5 Å². The fraction of sp³-hybridized carbons (Fsp3) is 0.250. The lowest BCUT2D eigenvalue weighted by Gasteiger charge is -2.04. The van der Waals surface area contributed by atoms with Crippen LogP contribution in [0.3, 0.4) is 0 Å². The number of nitrogens with zero attached hydrogens (tertiary/aromatic N) is 2. The van der Waals surface area contributed by atoms with Crippen molar-refractivity contribution in [3.63, 3.8) is 0 Å². The number of carbonyl (C=O) groups excluding carboxylic acids is 1. The number of hydroxylamine groups is 1. The molecule has 0 atom stereocenters. The molecule has 0 saturated heterocycles. The summed E-state index contributed by atoms with van der Waals surface area (Å²) in [6.07, 6.45) is 0. The van der Waals surface area contributed by atoms with Crippen LogP contribution in [0.25, 0.3) is 0 Å². The van der Waals surface area contributed by atoms with Crippen LogP contribution in [0.5, 0.6) is 0 Å². The van der Waals surface area contributed by atoms with Crippen LogP contribution in [0, 0.1) is 13.8 Å². The minimum absolute atomic E-state index is 0.233. The average molecular weight is 263 g/mol. The molecule has 0 radical (unpaired) electrons. The fourth-order valence-electron chi connectivity index (χ4n) is 1.38. The van der Waals surface area contributed by atoms with Crippen molar-refractivity contribution < 1.29 is 9.63 Å². The molecule has 94 valence electrons. The van der Waals surface area contributed by atoms with E-state index in [-0.39, 0.29) is 12.5 Å². The molecule has 1 amide bonds. The van der Waals surface area contributed by atoms with E-state index >= 15 is 0 Å². The first kappa shape index (κ1) is 12.7. The molecule has 0 bridgehead atoms. The molecule has 0 aromatic carbocycles. The van der Waals surface area contributed by atoms with Gasteiger partial charge in [-0.3, -0.25) is 14.6 Å². The topological polar surface area (TPSA) is 64.1 Å². The summed E-state index contributed by atoms with van der Waals surface area (Å²) < 4.78 is 3.99. The van der Waals surface area contributed by atoms with Crippen LogP contribution in [0.15, 0.2) is 24.3 Å². The zero-order valence-electron chi connectivity index (χ0n) is 10.1. The zero-order valence-corrected chi connectivity index (χ0v) is 11.0. The molecule has 18 heavy (non-hydrogen) atoms. The Balaban J connectivity index is 1.84. The van der Waals surface area contributed by atoms with Gasteiger partial charge in [-0.1, -0.05) is 6.07 Å². The molecule has 0 spiro atoms. The maximum absolute atomic E-state index is 11.6. The lowest BCUT2D eigenvalue weighted by molar-refractivity contribution is 0.0218. The van der Waals surface area contributed by atoms with E-state index in [4.69, 9.17) is 4.84 Å². The normalized spacial score (nSPS) is 10.3. The van der Waals surface area contributed by atoms with Crippen molar-refractivity contribution >= 4 is 17.4 Å². The van der Waals surface area contributed by atoms with Crippen molar-refractivity contribution in [1.29, 1.82) is 0 Å². The minimum Gasteiger partial charge on any atom is -0.267 e. The van der Waals surface area contributed by atoms with Crippen LogP contribution in [0.1, 0.15) is 26.8 Å². The lowest BCUT2D eigenvalue weighted by atomic mass is 10.3. The third-order valence-corrected chi connectivity index (χ3v) is 2.89. The van der Waals surface area contributed by atoms with Gasteiger partial charge in [-0.2, -0.15) is 4.37 Å². The Morgan fingerprint density at radius 1 is 1.44 bits per heavy atom. The summed E-state index contributed by atoms with van der Waals surface area (Å²) in [6.45, 7) is 4.03. The Labute approximate surface area is 109 Å². The highest BCUT2D eigenvalue weighted by Gasteiger charge is 2.09. The van der Waals surface area contributed by atoms with Crippen LogP contribution in [0.2, 0.25) is 0 Å². The smallest absolute Gasteiger partial charge is 0.267 e. The Morgan fingerprint density at radius 2 is 2.28 bits per heavy atom. The first-order chi connectivity index (χ1) is 8.65. The molecule has 2 aromatic rings. The summed E-state index contributed by atoms with van der Waals surface area (Å²) in [5, 5.41) is 0. The highest BCUT2D eigenvalue weighted by atomic mass is 32.1. The summed E-state index contributed by atoms with van der Waals surface area (Å²) in [7, 11) is 0. The van der Waals surface area contributed by atoms with Crippen molar-refractivity contribution in [1.82, 2.24) is 14.8 Å². The summed E-state index contributed by atoms with van der Waals surface area (Å²) in [4.78, 5) is 21.9. The van der Waals surface area contributed by atoms with E-state index in [2.05, 4.69) is 14.8 Å². The lowest BCUT2D eigenvalue weighted by Crippen LogP contribution is -2.24. The molecular formula is C12H13N3O2S. The minimum atomic E-state index is -0.341. The van der Waals surface area contributed by atoms with Gasteiger partial charge in [0.05, 0.1) is 5.69 Å². The van der Waals surface area contributed by atoms with Crippen LogP contribution in [-0.4, -0.2) is 15.3 Å². The van der Waals surface area contributed by atoms with Gasteiger partial charge in [0.1, 0.15) is 12.3 Å². The second kappa shape index (κ2) is 5.70. The second-order valence-corrected chi connectivity index (χ2v) is 4.82. The van der Waals surface area contributed by atoms with E-state index in [1.807, 2.05) is 32.0 Å². The number of rotatable bonds is 4. The number of amides is 1. The Hall–Kier alpha value is -1.79. The van der Waals surface area contributed by atoms with Gasteiger partial charge in [0.2, 0.25) is 0 Å². The molecule has 2 aromatic heterocycles. The first-order valence-corrected chi connectivity index (χ1v) is 6.20. The molecule has 0 unspecified atom stereocenters. The van der Waals surface area contributed by atoms with E-state index in [9.17, 15) is 4.79 Å². The number of pyridine rings is 1. The zero-order chi connectivity index (χ0) is 13.0. The number of carbonyl (C=O) groups is 1. The Bertz CT molecular complexity index is 554. The molecule has 0 aliphatic carbocycles. The third kappa shape index (κ3) is 3.35. The highest BCUT2D eigenvalue weighted by molar-refractivity contribution is 7.05. The van der Waals surface area contributed by atoms with Crippen molar-refractivity contribution in [3.8, 4) is 0 Å². The van der Waals surface area contributed by atoms with Crippen LogP contribution in [0.4, 0.5) is 0 Å². The summed E-state index contributed by atoms with van der Waals surface area (Å²) >= 11 is 1.29. The molecule has 1 N–H and O–H groups in total.